The third-order valence-corrected chi connectivity index (χ3v) is 14.0. The van der Waals surface area contributed by atoms with E-state index >= 15 is 0 Å². The molecule has 0 aromatic heterocycles. The van der Waals surface area contributed by atoms with Gasteiger partial charge >= 0.3 is 0 Å². The highest BCUT2D eigenvalue weighted by Crippen LogP contribution is 2.77. The Morgan fingerprint density at radius 2 is 1.42 bits per heavy atom. The zero-order valence-corrected chi connectivity index (χ0v) is 22.2. The van der Waals surface area contributed by atoms with Gasteiger partial charge in [-0.15, -0.1) is 0 Å². The number of hydrogen-bond donors (Lipinski definition) is 0. The lowest BCUT2D eigenvalue weighted by atomic mass is 9.32. The van der Waals surface area contributed by atoms with Crippen molar-refractivity contribution in [2.75, 3.05) is 0 Å². The van der Waals surface area contributed by atoms with E-state index in [0.717, 1.165) is 35.5 Å². The van der Waals surface area contributed by atoms with E-state index < -0.39 is 0 Å². The first-order chi connectivity index (χ1) is 14.3. The van der Waals surface area contributed by atoms with Crippen molar-refractivity contribution in [3.63, 3.8) is 0 Å². The Balaban J connectivity index is 1.54. The smallest absolute Gasteiger partial charge is 0.0172 e. The molecule has 10 atom stereocenters. The highest BCUT2D eigenvalue weighted by atomic mass is 14.7. The molecule has 0 heterocycles. The van der Waals surface area contributed by atoms with Crippen molar-refractivity contribution in [1.29, 1.82) is 0 Å². The van der Waals surface area contributed by atoms with Crippen LogP contribution in [0.1, 0.15) is 120 Å². The third kappa shape index (κ3) is 2.66. The van der Waals surface area contributed by atoms with Gasteiger partial charge in [-0.2, -0.15) is 0 Å². The molecule has 0 saturated heterocycles. The van der Waals surface area contributed by atoms with Crippen LogP contribution in [0.4, 0.5) is 0 Å². The molecule has 0 spiro atoms. The van der Waals surface area contributed by atoms with E-state index in [0.29, 0.717) is 27.1 Å². The molecule has 5 fully saturated rings. The minimum absolute atomic E-state index is 0.508. The highest BCUT2D eigenvalue weighted by molar-refractivity contribution is 5.20. The van der Waals surface area contributed by atoms with Gasteiger partial charge in [0.15, 0.2) is 0 Å². The summed E-state index contributed by atoms with van der Waals surface area (Å²) in [5.41, 5.74) is 4.19. The van der Waals surface area contributed by atoms with Crippen molar-refractivity contribution in [2.24, 2.45) is 62.6 Å². The first-order valence-electron chi connectivity index (χ1n) is 14.0. The maximum Gasteiger partial charge on any atom is -0.0172 e. The summed E-state index contributed by atoms with van der Waals surface area (Å²) in [6.07, 6.45) is 14.7. The van der Waals surface area contributed by atoms with Crippen LogP contribution >= 0.6 is 0 Å². The molecule has 0 bridgehead atoms. The average Bonchev–Trinajstić information content (AvgIpc) is 3.04. The van der Waals surface area contributed by atoms with E-state index in [9.17, 15) is 0 Å². The Hall–Kier alpha value is -0.260. The molecule has 0 aromatic carbocycles. The zero-order chi connectivity index (χ0) is 22.6. The zero-order valence-electron chi connectivity index (χ0n) is 22.2. The van der Waals surface area contributed by atoms with Crippen LogP contribution in [0, 0.1) is 62.6 Å². The monoisotopic (exact) mass is 424 g/mol. The second kappa shape index (κ2) is 6.66. The predicted octanol–water partition coefficient (Wildman–Crippen LogP) is 9.30. The van der Waals surface area contributed by atoms with Crippen LogP contribution in [-0.2, 0) is 0 Å². The summed E-state index contributed by atoms with van der Waals surface area (Å²) in [7, 11) is 0. The maximum absolute atomic E-state index is 4.51. The predicted molar refractivity (Wildman–Crippen MR) is 134 cm³/mol. The molecule has 8 unspecified atom stereocenters. The van der Waals surface area contributed by atoms with E-state index in [-0.39, 0.29) is 0 Å². The van der Waals surface area contributed by atoms with Crippen LogP contribution in [-0.4, -0.2) is 0 Å². The van der Waals surface area contributed by atoms with Crippen molar-refractivity contribution in [3.8, 4) is 0 Å². The number of allylic oxidation sites excluding steroid dienone is 1. The molecule has 5 aliphatic carbocycles. The van der Waals surface area contributed by atoms with E-state index in [1.807, 2.05) is 0 Å². The van der Waals surface area contributed by atoms with Crippen molar-refractivity contribution in [1.82, 2.24) is 0 Å². The highest BCUT2D eigenvalue weighted by Gasteiger charge is 2.69. The minimum Gasteiger partial charge on any atom is -0.0998 e. The molecule has 5 saturated carbocycles. The number of rotatable bonds is 1. The molecule has 5 aliphatic rings. The SMILES string of the molecule is C=C(C)[C@@H]1CCC2(C)CC[C@]3(C)C(CCC4C5(C)CCC(C)C(C)(C)C5CCC43C)C12. The van der Waals surface area contributed by atoms with Crippen LogP contribution < -0.4 is 0 Å². The Morgan fingerprint density at radius 3 is 2.10 bits per heavy atom. The lowest BCUT2D eigenvalue weighted by Crippen LogP contribution is -2.65. The van der Waals surface area contributed by atoms with Gasteiger partial charge in [0.1, 0.15) is 0 Å². The van der Waals surface area contributed by atoms with Gasteiger partial charge in [-0.25, -0.2) is 0 Å². The van der Waals surface area contributed by atoms with Crippen LogP contribution in [0.3, 0.4) is 0 Å². The molecular weight excluding hydrogens is 372 g/mol. The van der Waals surface area contributed by atoms with E-state index in [1.165, 1.54) is 69.8 Å². The quantitative estimate of drug-likeness (QED) is 0.368. The van der Waals surface area contributed by atoms with Gasteiger partial charge in [0.05, 0.1) is 0 Å². The summed E-state index contributed by atoms with van der Waals surface area (Å²) in [4.78, 5) is 0. The molecule has 0 nitrogen and oxygen atoms in total. The van der Waals surface area contributed by atoms with Gasteiger partial charge in [-0.1, -0.05) is 60.6 Å². The maximum atomic E-state index is 4.51. The van der Waals surface area contributed by atoms with E-state index in [4.69, 9.17) is 0 Å². The summed E-state index contributed by atoms with van der Waals surface area (Å²) in [5.74, 6) is 5.34. The molecule has 176 valence electrons. The van der Waals surface area contributed by atoms with Gasteiger partial charge in [0.25, 0.3) is 0 Å². The molecule has 0 heteroatoms. The fourth-order valence-electron chi connectivity index (χ4n) is 11.7. The Labute approximate surface area is 194 Å². The van der Waals surface area contributed by atoms with Gasteiger partial charge in [0.2, 0.25) is 0 Å². The number of fused-ring (bicyclic) bond motifs is 7. The van der Waals surface area contributed by atoms with Crippen molar-refractivity contribution in [2.45, 2.75) is 120 Å². The molecule has 31 heavy (non-hydrogen) atoms. The summed E-state index contributed by atoms with van der Waals surface area (Å²) >= 11 is 0. The average molecular weight is 425 g/mol. The van der Waals surface area contributed by atoms with Crippen LogP contribution in [0.25, 0.3) is 0 Å². The van der Waals surface area contributed by atoms with Gasteiger partial charge < -0.3 is 0 Å². The minimum atomic E-state index is 0.508. The molecule has 0 aromatic rings. The van der Waals surface area contributed by atoms with Crippen LogP contribution in [0.2, 0.25) is 0 Å². The largest absolute Gasteiger partial charge is 0.0998 e. The van der Waals surface area contributed by atoms with Crippen molar-refractivity contribution >= 4 is 0 Å². The second-order valence-electron chi connectivity index (χ2n) is 15.1. The van der Waals surface area contributed by atoms with E-state index in [1.54, 1.807) is 0 Å². The summed E-state index contributed by atoms with van der Waals surface area (Å²) < 4.78 is 0. The van der Waals surface area contributed by atoms with Gasteiger partial charge in [-0.05, 0) is 134 Å². The molecule has 0 radical (unpaired) electrons. The molecule has 0 aliphatic heterocycles. The van der Waals surface area contributed by atoms with Crippen LogP contribution in [0.5, 0.6) is 0 Å². The fraction of sp³-hybridized carbons (Fsp3) is 0.935. The first kappa shape index (κ1) is 22.5. The Bertz CT molecular complexity index is 760. The Kier molecular flexibility index (Phi) is 4.84. The van der Waals surface area contributed by atoms with Crippen LogP contribution in [0.15, 0.2) is 12.2 Å². The first-order valence-corrected chi connectivity index (χ1v) is 14.0. The number of hydrogen-bond acceptors (Lipinski definition) is 0. The summed E-state index contributed by atoms with van der Waals surface area (Å²) in [5, 5.41) is 0. The normalized spacial score (nSPS) is 57.9. The second-order valence-corrected chi connectivity index (χ2v) is 15.1. The van der Waals surface area contributed by atoms with E-state index in [2.05, 4.69) is 62.0 Å². The third-order valence-electron chi connectivity index (χ3n) is 14.0. The topological polar surface area (TPSA) is 0 Å². The van der Waals surface area contributed by atoms with Crippen molar-refractivity contribution in [3.05, 3.63) is 12.2 Å². The standard InChI is InChI=1S/C31H52/c1-20(2)22-13-15-28(6)18-19-30(8)23(26(22)28)10-11-25-29(7)16-12-21(3)27(4,5)24(29)14-17-31(25,30)9/h21-26H,1,10-19H2,2-9H3/t21?,22-,23?,24?,25?,26?,28?,29?,30+,31?/m0/s1. The van der Waals surface area contributed by atoms with Gasteiger partial charge in [0, 0.05) is 0 Å². The lowest BCUT2D eigenvalue weighted by Gasteiger charge is -2.73. The molecule has 5 rings (SSSR count). The Morgan fingerprint density at radius 1 is 0.710 bits per heavy atom. The molecule has 0 N–H and O–H groups in total. The summed E-state index contributed by atoms with van der Waals surface area (Å²) in [6, 6.07) is 0. The molecule has 0 amide bonds. The van der Waals surface area contributed by atoms with Crippen molar-refractivity contribution < 1.29 is 0 Å². The fourth-order valence-corrected chi connectivity index (χ4v) is 11.7. The summed E-state index contributed by atoms with van der Waals surface area (Å²) in [6.45, 7) is 25.6. The van der Waals surface area contributed by atoms with Gasteiger partial charge in [-0.3, -0.25) is 0 Å². The molecular formula is C31H52. The lowest BCUT2D eigenvalue weighted by molar-refractivity contribution is -0.240.